The van der Waals surface area contributed by atoms with Crippen LogP contribution in [0, 0.1) is 0 Å². The number of allylic oxidation sites excluding steroid dienone is 3. The molecule has 0 aromatic rings. The number of nitrogens with zero attached hydrogens (tertiary/aromatic N) is 2. The van der Waals surface area contributed by atoms with Gasteiger partial charge in [-0.1, -0.05) is 0 Å². The second kappa shape index (κ2) is 2.42. The molecule has 0 fully saturated rings. The zero-order valence-corrected chi connectivity index (χ0v) is 6.14. The van der Waals surface area contributed by atoms with E-state index >= 15 is 0 Å². The molecule has 0 saturated heterocycles. The molecule has 0 bridgehead atoms. The maximum absolute atomic E-state index is 4.24. The Kier molecular flexibility index (Phi) is 1.43. The fraction of sp³-hybridized carbons (Fsp3) is 0.143. The van der Waals surface area contributed by atoms with Gasteiger partial charge in [-0.3, -0.25) is 9.98 Å². The first-order valence-electron chi connectivity index (χ1n) is 3.04. The Balaban J connectivity index is 2.42. The first-order valence-corrected chi connectivity index (χ1v) is 4.03. The van der Waals surface area contributed by atoms with Gasteiger partial charge in [0, 0.05) is 11.1 Å². The van der Waals surface area contributed by atoms with Gasteiger partial charge in [0.05, 0.1) is 17.8 Å². The van der Waals surface area contributed by atoms with Crippen LogP contribution in [-0.2, 0) is 0 Å². The third-order valence-electron chi connectivity index (χ3n) is 1.32. The zero-order chi connectivity index (χ0) is 6.81. The van der Waals surface area contributed by atoms with Gasteiger partial charge in [-0.05, 0) is 12.2 Å². The predicted molar refractivity (Wildman–Crippen MR) is 45.6 cm³/mol. The molecule has 0 atom stereocenters. The average molecular weight is 150 g/mol. The summed E-state index contributed by atoms with van der Waals surface area (Å²) in [7, 11) is 0. The number of rotatable bonds is 0. The lowest BCUT2D eigenvalue weighted by atomic mass is 10.3. The summed E-state index contributed by atoms with van der Waals surface area (Å²) in [5, 5.41) is 0. The van der Waals surface area contributed by atoms with Crippen molar-refractivity contribution in [2.24, 2.45) is 9.98 Å². The van der Waals surface area contributed by atoms with E-state index in [1.54, 1.807) is 24.2 Å². The van der Waals surface area contributed by atoms with E-state index in [9.17, 15) is 0 Å². The van der Waals surface area contributed by atoms with Crippen molar-refractivity contribution in [2.45, 2.75) is 0 Å². The lowest BCUT2D eigenvalue weighted by molar-refractivity contribution is 1.42. The average Bonchev–Trinajstić information content (AvgIpc) is 2.28. The number of fused-ring (bicyclic) bond motifs is 1. The van der Waals surface area contributed by atoms with Crippen molar-refractivity contribution in [3.63, 3.8) is 0 Å². The van der Waals surface area contributed by atoms with Gasteiger partial charge in [-0.15, -0.1) is 11.8 Å². The van der Waals surface area contributed by atoms with Crippen molar-refractivity contribution in [3.05, 3.63) is 23.3 Å². The van der Waals surface area contributed by atoms with Crippen molar-refractivity contribution in [3.8, 4) is 0 Å². The van der Waals surface area contributed by atoms with Gasteiger partial charge < -0.3 is 0 Å². The lowest BCUT2D eigenvalue weighted by Crippen LogP contribution is -1.94. The van der Waals surface area contributed by atoms with E-state index < -0.39 is 0 Å². The summed E-state index contributed by atoms with van der Waals surface area (Å²) in [6.07, 6.45) is 7.56. The van der Waals surface area contributed by atoms with Gasteiger partial charge in [0.15, 0.2) is 0 Å². The number of hydrogen-bond acceptors (Lipinski definition) is 3. The minimum absolute atomic E-state index is 0.848. The Hall–Kier alpha value is -0.830. The molecule has 2 nitrogen and oxygen atoms in total. The molecule has 0 N–H and O–H groups in total. The Labute approximate surface area is 63.5 Å². The van der Waals surface area contributed by atoms with E-state index in [0.29, 0.717) is 0 Å². The van der Waals surface area contributed by atoms with Gasteiger partial charge in [0.2, 0.25) is 0 Å². The summed E-state index contributed by atoms with van der Waals surface area (Å²) >= 11 is 1.75. The number of aliphatic imine (C=N–C) groups is 2. The van der Waals surface area contributed by atoms with Crippen LogP contribution in [0.25, 0.3) is 0 Å². The normalized spacial score (nSPS) is 21.6. The Morgan fingerprint density at radius 1 is 1.50 bits per heavy atom. The highest BCUT2D eigenvalue weighted by molar-refractivity contribution is 8.04. The van der Waals surface area contributed by atoms with E-state index in [4.69, 9.17) is 0 Å². The molecular formula is C7H6N2S. The van der Waals surface area contributed by atoms with Crippen molar-refractivity contribution < 1.29 is 0 Å². The molecule has 2 heterocycles. The van der Waals surface area contributed by atoms with Gasteiger partial charge in [0.1, 0.15) is 0 Å². The fourth-order valence-corrected chi connectivity index (χ4v) is 1.64. The summed E-state index contributed by atoms with van der Waals surface area (Å²) in [5.41, 5.74) is 1.02. The largest absolute Gasteiger partial charge is 0.271 e. The zero-order valence-electron chi connectivity index (χ0n) is 5.32. The van der Waals surface area contributed by atoms with E-state index in [1.807, 2.05) is 12.2 Å². The fourth-order valence-electron chi connectivity index (χ4n) is 0.855. The van der Waals surface area contributed by atoms with Crippen LogP contribution in [0.3, 0.4) is 0 Å². The third-order valence-corrected chi connectivity index (χ3v) is 2.24. The smallest absolute Gasteiger partial charge is 0.0903 e. The summed E-state index contributed by atoms with van der Waals surface area (Å²) < 4.78 is 0. The molecule has 0 aromatic carbocycles. The summed E-state index contributed by atoms with van der Waals surface area (Å²) in [4.78, 5) is 9.49. The third kappa shape index (κ3) is 0.926. The molecule has 0 amide bonds. The minimum Gasteiger partial charge on any atom is -0.271 e. The molecule has 0 spiro atoms. The quantitative estimate of drug-likeness (QED) is 0.515. The van der Waals surface area contributed by atoms with Crippen LogP contribution in [0.2, 0.25) is 0 Å². The van der Waals surface area contributed by atoms with Crippen molar-refractivity contribution >= 4 is 23.7 Å². The highest BCUT2D eigenvalue weighted by Gasteiger charge is 2.11. The monoisotopic (exact) mass is 150 g/mol. The molecule has 2 aliphatic heterocycles. The van der Waals surface area contributed by atoms with E-state index in [2.05, 4.69) is 9.98 Å². The van der Waals surface area contributed by atoms with Crippen molar-refractivity contribution in [2.75, 3.05) is 5.88 Å². The molecule has 0 unspecified atom stereocenters. The highest BCUT2D eigenvalue weighted by Crippen LogP contribution is 2.24. The Bertz CT molecular complexity index is 261. The molecule has 0 aliphatic carbocycles. The molecule has 0 saturated carbocycles. The van der Waals surface area contributed by atoms with E-state index in [1.165, 1.54) is 4.91 Å². The van der Waals surface area contributed by atoms with E-state index in [-0.39, 0.29) is 0 Å². The van der Waals surface area contributed by atoms with Crippen molar-refractivity contribution in [1.29, 1.82) is 0 Å². The second-order valence-corrected chi connectivity index (χ2v) is 2.95. The van der Waals surface area contributed by atoms with Crippen molar-refractivity contribution in [1.82, 2.24) is 0 Å². The van der Waals surface area contributed by atoms with Gasteiger partial charge >= 0.3 is 0 Å². The van der Waals surface area contributed by atoms with Crippen LogP contribution in [0.5, 0.6) is 0 Å². The lowest BCUT2D eigenvalue weighted by Gasteiger charge is -1.89. The van der Waals surface area contributed by atoms with Crippen LogP contribution in [0.1, 0.15) is 0 Å². The van der Waals surface area contributed by atoms with Crippen LogP contribution >= 0.6 is 11.8 Å². The summed E-state index contributed by atoms with van der Waals surface area (Å²) in [6.45, 7) is 0. The van der Waals surface area contributed by atoms with E-state index in [0.717, 1.165) is 11.6 Å². The maximum Gasteiger partial charge on any atom is 0.0903 e. The van der Waals surface area contributed by atoms with Gasteiger partial charge in [-0.25, -0.2) is 0 Å². The topological polar surface area (TPSA) is 24.7 Å². The number of hydrogen-bond donors (Lipinski definition) is 0. The van der Waals surface area contributed by atoms with Crippen LogP contribution in [-0.4, -0.2) is 17.8 Å². The highest BCUT2D eigenvalue weighted by atomic mass is 32.2. The molecule has 0 aromatic heterocycles. The molecule has 50 valence electrons. The van der Waals surface area contributed by atoms with Crippen LogP contribution in [0.15, 0.2) is 33.2 Å². The Morgan fingerprint density at radius 3 is 3.50 bits per heavy atom. The first kappa shape index (κ1) is 5.92. The molecule has 3 heteroatoms. The molecule has 0 radical (unpaired) electrons. The standard InChI is InChI=1S/C7H6N2S/c1-2-7-6(4-8-3-1)9-5-10-7/h1-4H,5H2. The molecule has 10 heavy (non-hydrogen) atoms. The maximum atomic E-state index is 4.24. The summed E-state index contributed by atoms with van der Waals surface area (Å²) in [5.74, 6) is 0.848. The first-order chi connectivity index (χ1) is 4.97. The van der Waals surface area contributed by atoms with Crippen LogP contribution < -0.4 is 0 Å². The second-order valence-electron chi connectivity index (χ2n) is 1.97. The molecular weight excluding hydrogens is 144 g/mol. The molecule has 2 aliphatic rings. The number of thioether (sulfide) groups is 1. The van der Waals surface area contributed by atoms with Gasteiger partial charge in [-0.2, -0.15) is 0 Å². The Morgan fingerprint density at radius 2 is 2.50 bits per heavy atom. The summed E-state index contributed by atoms with van der Waals surface area (Å²) in [6, 6.07) is 0. The SMILES string of the molecule is C1=CN=CC2=NCSC2=C1. The minimum atomic E-state index is 0.848. The van der Waals surface area contributed by atoms with Gasteiger partial charge in [0.25, 0.3) is 0 Å². The predicted octanol–water partition coefficient (Wildman–Crippen LogP) is 1.61. The molecule has 2 rings (SSSR count). The van der Waals surface area contributed by atoms with Crippen LogP contribution in [0.4, 0.5) is 0 Å².